The van der Waals surface area contributed by atoms with Crippen LogP contribution in [0.1, 0.15) is 19.7 Å². The van der Waals surface area contributed by atoms with Gasteiger partial charge in [-0.15, -0.1) is 11.3 Å². The molecule has 2 rings (SSSR count). The van der Waals surface area contributed by atoms with Crippen LogP contribution >= 0.6 is 22.9 Å². The Morgan fingerprint density at radius 3 is 3.06 bits per heavy atom. The summed E-state index contributed by atoms with van der Waals surface area (Å²) in [5, 5.41) is 3.33. The number of nitrogens with zero attached hydrogens (tertiary/aromatic N) is 2. The molecule has 1 unspecified atom stereocenters. The van der Waals surface area contributed by atoms with E-state index >= 15 is 0 Å². The highest BCUT2D eigenvalue weighted by Crippen LogP contribution is 2.24. The molecule has 0 spiro atoms. The van der Waals surface area contributed by atoms with Gasteiger partial charge in [-0.1, -0.05) is 11.6 Å². The molecule has 0 radical (unpaired) electrons. The van der Waals surface area contributed by atoms with Crippen LogP contribution in [0.3, 0.4) is 0 Å². The largest absolute Gasteiger partial charge is 0.379 e. The molecule has 2 heterocycles. The van der Waals surface area contributed by atoms with E-state index < -0.39 is 0 Å². The Bertz CT molecular complexity index is 518. The number of aromatic nitrogens is 2. The van der Waals surface area contributed by atoms with Crippen LogP contribution in [0.5, 0.6) is 0 Å². The Morgan fingerprint density at radius 1 is 1.44 bits per heavy atom. The molecule has 2 aromatic heterocycles. The van der Waals surface area contributed by atoms with Gasteiger partial charge in [0.1, 0.15) is 16.6 Å². The van der Waals surface area contributed by atoms with E-state index in [0.29, 0.717) is 30.8 Å². The lowest BCUT2D eigenvalue weighted by molar-refractivity contribution is -0.0138. The average Bonchev–Trinajstić information content (AvgIpc) is 2.82. The smallest absolute Gasteiger partial charge is 0.157 e. The van der Waals surface area contributed by atoms with Gasteiger partial charge in [0.05, 0.1) is 12.7 Å². The van der Waals surface area contributed by atoms with Gasteiger partial charge in [0.2, 0.25) is 0 Å². The van der Waals surface area contributed by atoms with Crippen molar-refractivity contribution in [3.63, 3.8) is 0 Å². The van der Waals surface area contributed by atoms with Crippen LogP contribution in [0.2, 0.25) is 5.15 Å². The summed E-state index contributed by atoms with van der Waals surface area (Å²) in [7, 11) is 0. The maximum absolute atomic E-state index is 6.08. The second kappa shape index (κ2) is 6.43. The summed E-state index contributed by atoms with van der Waals surface area (Å²) in [6, 6.07) is 1.92. The number of hydrogen-bond acceptors (Lipinski definition) is 5. The van der Waals surface area contributed by atoms with E-state index in [2.05, 4.69) is 9.97 Å². The van der Waals surface area contributed by atoms with Crippen LogP contribution in [0.4, 0.5) is 0 Å². The third-order valence-electron chi connectivity index (χ3n) is 2.38. The fourth-order valence-corrected chi connectivity index (χ4v) is 2.56. The molecule has 0 fully saturated rings. The highest BCUT2D eigenvalue weighted by molar-refractivity contribution is 7.16. The van der Waals surface area contributed by atoms with E-state index in [1.54, 1.807) is 11.3 Å². The number of rotatable bonds is 6. The SMILES string of the molecule is CCOCC(C)OCc1nc(Cl)c2ccsc2n1. The van der Waals surface area contributed by atoms with E-state index in [4.69, 9.17) is 21.1 Å². The molecule has 2 aromatic rings. The zero-order chi connectivity index (χ0) is 13.0. The number of fused-ring (bicyclic) bond motifs is 1. The van der Waals surface area contributed by atoms with Crippen molar-refractivity contribution in [2.75, 3.05) is 13.2 Å². The summed E-state index contributed by atoms with van der Waals surface area (Å²) in [6.07, 6.45) is 0.0198. The van der Waals surface area contributed by atoms with Gasteiger partial charge in [0, 0.05) is 12.0 Å². The Kier molecular flexibility index (Phi) is 4.88. The first-order valence-corrected chi connectivity index (χ1v) is 7.05. The maximum atomic E-state index is 6.08. The van der Waals surface area contributed by atoms with Crippen LogP contribution in [-0.4, -0.2) is 29.3 Å². The van der Waals surface area contributed by atoms with Crippen LogP contribution in [0, 0.1) is 0 Å². The molecule has 0 aliphatic rings. The Labute approximate surface area is 115 Å². The molecule has 4 nitrogen and oxygen atoms in total. The van der Waals surface area contributed by atoms with Crippen molar-refractivity contribution in [1.29, 1.82) is 0 Å². The van der Waals surface area contributed by atoms with Crippen molar-refractivity contribution in [1.82, 2.24) is 9.97 Å². The lowest BCUT2D eigenvalue weighted by atomic mass is 10.4. The Morgan fingerprint density at radius 2 is 2.28 bits per heavy atom. The molecule has 0 N–H and O–H groups in total. The minimum atomic E-state index is 0.0198. The molecule has 0 saturated carbocycles. The topological polar surface area (TPSA) is 44.2 Å². The van der Waals surface area contributed by atoms with Gasteiger partial charge in [0.25, 0.3) is 0 Å². The van der Waals surface area contributed by atoms with Crippen LogP contribution in [0.15, 0.2) is 11.4 Å². The zero-order valence-electron chi connectivity index (χ0n) is 10.4. The number of hydrogen-bond donors (Lipinski definition) is 0. The predicted molar refractivity (Wildman–Crippen MR) is 73.2 cm³/mol. The van der Waals surface area contributed by atoms with Crippen molar-refractivity contribution >= 4 is 33.2 Å². The summed E-state index contributed by atoms with van der Waals surface area (Å²) < 4.78 is 10.9. The van der Waals surface area contributed by atoms with Crippen molar-refractivity contribution in [2.45, 2.75) is 26.6 Å². The standard InChI is InChI=1S/C12H15ClN2O2S/c1-3-16-6-8(2)17-7-10-14-11(13)9-4-5-18-12(9)15-10/h4-5,8H,3,6-7H2,1-2H3. The lowest BCUT2D eigenvalue weighted by Crippen LogP contribution is -2.16. The minimum Gasteiger partial charge on any atom is -0.379 e. The first kappa shape index (κ1) is 13.7. The van der Waals surface area contributed by atoms with Gasteiger partial charge < -0.3 is 9.47 Å². The summed E-state index contributed by atoms with van der Waals surface area (Å²) in [4.78, 5) is 9.52. The number of thiophene rings is 1. The zero-order valence-corrected chi connectivity index (χ0v) is 11.9. The van der Waals surface area contributed by atoms with Gasteiger partial charge in [-0.25, -0.2) is 9.97 Å². The molecule has 0 saturated heterocycles. The lowest BCUT2D eigenvalue weighted by Gasteiger charge is -2.12. The van der Waals surface area contributed by atoms with Gasteiger partial charge in [-0.2, -0.15) is 0 Å². The van der Waals surface area contributed by atoms with Crippen LogP contribution in [0.25, 0.3) is 10.2 Å². The Balaban J connectivity index is 1.99. The molecule has 0 bridgehead atoms. The maximum Gasteiger partial charge on any atom is 0.157 e. The van der Waals surface area contributed by atoms with Crippen LogP contribution in [-0.2, 0) is 16.1 Å². The first-order valence-electron chi connectivity index (χ1n) is 5.79. The fraction of sp³-hybridized carbons (Fsp3) is 0.500. The third-order valence-corrected chi connectivity index (χ3v) is 3.47. The number of ether oxygens (including phenoxy) is 2. The number of halogens is 1. The van der Waals surface area contributed by atoms with E-state index in [9.17, 15) is 0 Å². The fourth-order valence-electron chi connectivity index (χ4n) is 1.47. The molecule has 0 aliphatic carbocycles. The molecule has 18 heavy (non-hydrogen) atoms. The van der Waals surface area contributed by atoms with E-state index in [1.165, 1.54) is 0 Å². The van der Waals surface area contributed by atoms with Crippen molar-refractivity contribution < 1.29 is 9.47 Å². The molecular formula is C12H15ClN2O2S. The van der Waals surface area contributed by atoms with Crippen molar-refractivity contribution in [3.8, 4) is 0 Å². The molecule has 1 atom stereocenters. The van der Waals surface area contributed by atoms with E-state index in [-0.39, 0.29) is 6.10 Å². The second-order valence-corrected chi connectivity index (χ2v) is 5.10. The quantitative estimate of drug-likeness (QED) is 0.765. The van der Waals surface area contributed by atoms with Gasteiger partial charge in [0.15, 0.2) is 5.82 Å². The molecular weight excluding hydrogens is 272 g/mol. The highest BCUT2D eigenvalue weighted by atomic mass is 35.5. The molecule has 0 amide bonds. The van der Waals surface area contributed by atoms with Crippen LogP contribution < -0.4 is 0 Å². The first-order chi connectivity index (χ1) is 8.70. The van der Waals surface area contributed by atoms with Crippen molar-refractivity contribution in [2.24, 2.45) is 0 Å². The average molecular weight is 287 g/mol. The highest BCUT2D eigenvalue weighted by Gasteiger charge is 2.09. The van der Waals surface area contributed by atoms with E-state index in [1.807, 2.05) is 25.3 Å². The van der Waals surface area contributed by atoms with E-state index in [0.717, 1.165) is 10.2 Å². The van der Waals surface area contributed by atoms with Gasteiger partial charge in [-0.05, 0) is 25.3 Å². The van der Waals surface area contributed by atoms with Gasteiger partial charge in [-0.3, -0.25) is 0 Å². The minimum absolute atomic E-state index is 0.0198. The molecule has 6 heteroatoms. The molecule has 98 valence electrons. The van der Waals surface area contributed by atoms with Gasteiger partial charge >= 0.3 is 0 Å². The second-order valence-electron chi connectivity index (χ2n) is 3.85. The summed E-state index contributed by atoms with van der Waals surface area (Å²) in [5.41, 5.74) is 0. The predicted octanol–water partition coefficient (Wildman–Crippen LogP) is 3.29. The molecule has 0 aliphatic heterocycles. The summed E-state index contributed by atoms with van der Waals surface area (Å²) in [5.74, 6) is 0.610. The van der Waals surface area contributed by atoms with Crippen molar-refractivity contribution in [3.05, 3.63) is 22.4 Å². The monoisotopic (exact) mass is 286 g/mol. The third kappa shape index (κ3) is 3.38. The molecule has 0 aromatic carbocycles. The normalized spacial score (nSPS) is 13.1. The Hall–Kier alpha value is -0.750. The summed E-state index contributed by atoms with van der Waals surface area (Å²) in [6.45, 7) is 5.53. The summed E-state index contributed by atoms with van der Waals surface area (Å²) >= 11 is 7.63.